The average molecular weight is 437 g/mol. The van der Waals surface area contributed by atoms with Crippen molar-refractivity contribution in [3.05, 3.63) is 83.7 Å². The van der Waals surface area contributed by atoms with E-state index in [-0.39, 0.29) is 24.2 Å². The zero-order valence-electron chi connectivity index (χ0n) is 19.1. The monoisotopic (exact) mass is 436 g/mol. The van der Waals surface area contributed by atoms with Crippen LogP contribution < -0.4 is 4.74 Å². The summed E-state index contributed by atoms with van der Waals surface area (Å²) >= 11 is 0. The van der Waals surface area contributed by atoms with Gasteiger partial charge in [-0.1, -0.05) is 58.9 Å². The Hall–Kier alpha value is -3.28. The van der Waals surface area contributed by atoms with E-state index < -0.39 is 17.2 Å². The Morgan fingerprint density at radius 2 is 1.69 bits per heavy atom. The molecule has 1 atom stereocenters. The second-order valence-electron chi connectivity index (χ2n) is 9.12. The van der Waals surface area contributed by atoms with Gasteiger partial charge in [0.05, 0.1) is 5.92 Å². The lowest BCUT2D eigenvalue weighted by molar-refractivity contribution is -0.149. The first-order valence-corrected chi connectivity index (χ1v) is 10.6. The molecule has 32 heavy (non-hydrogen) atoms. The highest BCUT2D eigenvalue weighted by Crippen LogP contribution is 2.36. The van der Waals surface area contributed by atoms with Gasteiger partial charge in [0, 0.05) is 23.9 Å². The van der Waals surface area contributed by atoms with Crippen LogP contribution in [0.2, 0.25) is 0 Å². The number of nitrogens with zero attached hydrogens (tertiary/aromatic N) is 2. The minimum atomic E-state index is -0.538. The van der Waals surface area contributed by atoms with Crippen molar-refractivity contribution in [2.24, 2.45) is 5.41 Å². The topological polar surface area (TPSA) is 61.3 Å². The van der Waals surface area contributed by atoms with E-state index >= 15 is 0 Å². The van der Waals surface area contributed by atoms with Gasteiger partial charge in [-0.15, -0.1) is 0 Å². The Balaban J connectivity index is 1.74. The number of aromatic nitrogens is 2. The van der Waals surface area contributed by atoms with Crippen molar-refractivity contribution in [1.82, 2.24) is 9.97 Å². The van der Waals surface area contributed by atoms with Crippen molar-refractivity contribution in [1.29, 1.82) is 0 Å². The molecule has 2 aromatic carbocycles. The van der Waals surface area contributed by atoms with Crippen LogP contribution in [0.3, 0.4) is 0 Å². The Morgan fingerprint density at radius 3 is 2.28 bits per heavy atom. The van der Waals surface area contributed by atoms with Gasteiger partial charge in [-0.05, 0) is 35.2 Å². The summed E-state index contributed by atoms with van der Waals surface area (Å²) in [5.41, 5.74) is 0.938. The molecule has 0 N–H and O–H groups in total. The van der Waals surface area contributed by atoms with Gasteiger partial charge in [0.15, 0.2) is 11.6 Å². The largest absolute Gasteiger partial charge is 0.460 e. The van der Waals surface area contributed by atoms with Crippen LogP contribution in [0.4, 0.5) is 4.39 Å². The van der Waals surface area contributed by atoms with Crippen LogP contribution in [0.5, 0.6) is 11.5 Å². The zero-order chi connectivity index (χ0) is 23.3. The van der Waals surface area contributed by atoms with Crippen molar-refractivity contribution < 1.29 is 18.7 Å². The van der Waals surface area contributed by atoms with Crippen molar-refractivity contribution >= 4 is 5.97 Å². The molecule has 5 nitrogen and oxygen atoms in total. The first-order chi connectivity index (χ1) is 15.1. The van der Waals surface area contributed by atoms with Gasteiger partial charge in [0.1, 0.15) is 18.2 Å². The Kier molecular flexibility index (Phi) is 7.23. The molecule has 1 heterocycles. The van der Waals surface area contributed by atoms with Gasteiger partial charge < -0.3 is 9.47 Å². The van der Waals surface area contributed by atoms with Crippen molar-refractivity contribution in [3.8, 4) is 11.5 Å². The van der Waals surface area contributed by atoms with E-state index in [1.807, 2.05) is 52.8 Å². The second kappa shape index (κ2) is 9.90. The summed E-state index contributed by atoms with van der Waals surface area (Å²) in [6, 6.07) is 13.4. The van der Waals surface area contributed by atoms with E-state index in [2.05, 4.69) is 9.97 Å². The molecule has 6 heteroatoms. The molecule has 3 rings (SSSR count). The molecular formula is C26H29FN2O3. The van der Waals surface area contributed by atoms with Gasteiger partial charge in [-0.3, -0.25) is 4.79 Å². The number of carbonyl (C=O) groups excluding carboxylic acids is 1. The summed E-state index contributed by atoms with van der Waals surface area (Å²) in [7, 11) is 0. The number of ether oxygens (including phenoxy) is 2. The normalized spacial score (nSPS) is 12.5. The van der Waals surface area contributed by atoms with E-state index in [0.29, 0.717) is 16.9 Å². The lowest BCUT2D eigenvalue weighted by Crippen LogP contribution is -2.28. The Labute approximate surface area is 188 Å². The highest BCUT2D eigenvalue weighted by atomic mass is 19.1. The maximum absolute atomic E-state index is 14.2. The molecule has 0 bridgehead atoms. The van der Waals surface area contributed by atoms with Gasteiger partial charge in [0.25, 0.3) is 0 Å². The van der Waals surface area contributed by atoms with E-state index in [1.54, 1.807) is 36.7 Å². The highest BCUT2D eigenvalue weighted by molar-refractivity contribution is 5.79. The number of hydrogen-bond donors (Lipinski definition) is 0. The molecular weight excluding hydrogens is 407 g/mol. The lowest BCUT2D eigenvalue weighted by Gasteiger charge is -2.29. The molecule has 0 aliphatic rings. The average Bonchev–Trinajstić information content (AvgIpc) is 2.74. The molecule has 0 radical (unpaired) electrons. The van der Waals surface area contributed by atoms with Crippen LogP contribution in [0.25, 0.3) is 0 Å². The van der Waals surface area contributed by atoms with Gasteiger partial charge in [-0.2, -0.15) is 0 Å². The van der Waals surface area contributed by atoms with Crippen LogP contribution in [-0.4, -0.2) is 15.9 Å². The lowest BCUT2D eigenvalue weighted by atomic mass is 9.77. The number of rotatable bonds is 7. The number of benzene rings is 2. The van der Waals surface area contributed by atoms with Crippen molar-refractivity contribution in [3.63, 3.8) is 0 Å². The van der Waals surface area contributed by atoms with Crippen LogP contribution in [0.15, 0.2) is 60.9 Å². The fraction of sp³-hybridized carbons (Fsp3) is 0.346. The third-order valence-electron chi connectivity index (χ3n) is 4.99. The molecule has 0 aliphatic heterocycles. The SMILES string of the molecule is CC(C)c1ncc(C(C(=O)OCc2ccc(F)c(Oc3ccccc3)c2)C(C)(C)C)cn1. The summed E-state index contributed by atoms with van der Waals surface area (Å²) in [5, 5.41) is 0. The van der Waals surface area contributed by atoms with Crippen LogP contribution >= 0.6 is 0 Å². The molecule has 168 valence electrons. The Bertz CT molecular complexity index is 1040. The summed E-state index contributed by atoms with van der Waals surface area (Å²) < 4.78 is 25.5. The van der Waals surface area contributed by atoms with Crippen molar-refractivity contribution in [2.75, 3.05) is 0 Å². The van der Waals surface area contributed by atoms with Gasteiger partial charge >= 0.3 is 5.97 Å². The fourth-order valence-corrected chi connectivity index (χ4v) is 3.35. The predicted octanol–water partition coefficient (Wildman–Crippen LogP) is 6.40. The van der Waals surface area contributed by atoms with E-state index in [4.69, 9.17) is 9.47 Å². The Morgan fingerprint density at radius 1 is 1.03 bits per heavy atom. The summed E-state index contributed by atoms with van der Waals surface area (Å²) in [6.07, 6.45) is 3.40. The van der Waals surface area contributed by atoms with Crippen LogP contribution in [0.1, 0.15) is 63.4 Å². The van der Waals surface area contributed by atoms with Crippen LogP contribution in [0, 0.1) is 11.2 Å². The number of esters is 1. The van der Waals surface area contributed by atoms with Crippen LogP contribution in [-0.2, 0) is 16.1 Å². The molecule has 0 amide bonds. The summed E-state index contributed by atoms with van der Waals surface area (Å²) in [6.45, 7) is 9.95. The summed E-state index contributed by atoms with van der Waals surface area (Å²) in [4.78, 5) is 21.8. The quantitative estimate of drug-likeness (QED) is 0.401. The maximum atomic E-state index is 14.2. The zero-order valence-corrected chi connectivity index (χ0v) is 19.1. The van der Waals surface area contributed by atoms with Gasteiger partial charge in [0.2, 0.25) is 0 Å². The van der Waals surface area contributed by atoms with E-state index in [1.165, 1.54) is 6.07 Å². The van der Waals surface area contributed by atoms with E-state index in [9.17, 15) is 9.18 Å². The molecule has 1 unspecified atom stereocenters. The third kappa shape index (κ3) is 5.90. The van der Waals surface area contributed by atoms with Gasteiger partial charge in [-0.25, -0.2) is 14.4 Å². The van der Waals surface area contributed by atoms with Crippen molar-refractivity contribution in [2.45, 2.75) is 53.1 Å². The molecule has 1 aromatic heterocycles. The minimum Gasteiger partial charge on any atom is -0.460 e. The second-order valence-corrected chi connectivity index (χ2v) is 9.12. The maximum Gasteiger partial charge on any atom is 0.314 e. The first kappa shape index (κ1) is 23.4. The van der Waals surface area contributed by atoms with E-state index in [0.717, 1.165) is 5.82 Å². The number of halogens is 1. The molecule has 0 fully saturated rings. The first-order valence-electron chi connectivity index (χ1n) is 10.6. The molecule has 0 saturated heterocycles. The fourth-order valence-electron chi connectivity index (χ4n) is 3.35. The number of carbonyl (C=O) groups is 1. The predicted molar refractivity (Wildman–Crippen MR) is 121 cm³/mol. The minimum absolute atomic E-state index is 0.00176. The number of para-hydroxylation sites is 1. The molecule has 0 saturated carbocycles. The third-order valence-corrected chi connectivity index (χ3v) is 4.99. The molecule has 3 aromatic rings. The standard InChI is InChI=1S/C26H29FN2O3/c1-17(2)24-28-14-19(15-29-24)23(26(3,4)5)25(30)31-16-18-11-12-21(27)22(13-18)32-20-9-7-6-8-10-20/h6-15,17,23H,16H2,1-5H3. The smallest absolute Gasteiger partial charge is 0.314 e. The summed E-state index contributed by atoms with van der Waals surface area (Å²) in [5.74, 6) is 0.131. The molecule has 0 aliphatic carbocycles. The molecule has 0 spiro atoms. The highest BCUT2D eigenvalue weighted by Gasteiger charge is 2.35. The number of hydrogen-bond acceptors (Lipinski definition) is 5.